The van der Waals surface area contributed by atoms with Gasteiger partial charge in [-0.3, -0.25) is 4.79 Å². The number of amides is 1. The number of hydrogen-bond acceptors (Lipinski definition) is 4. The van der Waals surface area contributed by atoms with E-state index in [1.54, 1.807) is 20.3 Å². The fraction of sp³-hybridized carbons (Fsp3) is 0.278. The first-order valence-electron chi connectivity index (χ1n) is 7.40. The van der Waals surface area contributed by atoms with Crippen LogP contribution < -0.4 is 14.8 Å². The molecular weight excluding hydrogens is 346 g/mol. The van der Waals surface area contributed by atoms with E-state index < -0.39 is 0 Å². The van der Waals surface area contributed by atoms with E-state index in [1.807, 2.05) is 44.2 Å². The Morgan fingerprint density at radius 3 is 2.46 bits per heavy atom. The van der Waals surface area contributed by atoms with E-state index in [9.17, 15) is 4.79 Å². The van der Waals surface area contributed by atoms with Crippen molar-refractivity contribution in [2.45, 2.75) is 24.0 Å². The molecule has 0 fully saturated rings. The van der Waals surface area contributed by atoms with Gasteiger partial charge in [0.15, 0.2) is 11.5 Å². The summed E-state index contributed by atoms with van der Waals surface area (Å²) in [7, 11) is 3.18. The van der Waals surface area contributed by atoms with Gasteiger partial charge in [-0.25, -0.2) is 0 Å². The molecule has 24 heavy (non-hydrogen) atoms. The molecule has 0 spiro atoms. The molecule has 0 heterocycles. The van der Waals surface area contributed by atoms with Gasteiger partial charge in [0.2, 0.25) is 5.91 Å². The van der Waals surface area contributed by atoms with E-state index in [4.69, 9.17) is 21.1 Å². The highest BCUT2D eigenvalue weighted by molar-refractivity contribution is 8.00. The summed E-state index contributed by atoms with van der Waals surface area (Å²) in [6, 6.07) is 11.1. The number of halogens is 1. The standard InChI is InChI=1S/C18H20ClNO3S/c1-11-5-6-13(9-15(11)19)20-18(21)12(2)24-14-7-8-16(22-3)17(10-14)23-4/h5-10,12H,1-4H3,(H,20,21)/t12-/m1/s1. The summed E-state index contributed by atoms with van der Waals surface area (Å²) in [6.07, 6.45) is 0. The predicted molar refractivity (Wildman–Crippen MR) is 99.7 cm³/mol. The summed E-state index contributed by atoms with van der Waals surface area (Å²) >= 11 is 7.53. The van der Waals surface area contributed by atoms with Crippen molar-refractivity contribution < 1.29 is 14.3 Å². The molecule has 0 saturated heterocycles. The first-order valence-corrected chi connectivity index (χ1v) is 8.66. The molecule has 0 unspecified atom stereocenters. The minimum atomic E-state index is -0.275. The smallest absolute Gasteiger partial charge is 0.237 e. The first kappa shape index (κ1) is 18.5. The Morgan fingerprint density at radius 2 is 1.83 bits per heavy atom. The van der Waals surface area contributed by atoms with Crippen molar-refractivity contribution >= 4 is 35.0 Å². The molecule has 4 nitrogen and oxygen atoms in total. The van der Waals surface area contributed by atoms with Gasteiger partial charge in [0.05, 0.1) is 19.5 Å². The lowest BCUT2D eigenvalue weighted by atomic mass is 10.2. The Labute approximate surface area is 151 Å². The van der Waals surface area contributed by atoms with Gasteiger partial charge < -0.3 is 14.8 Å². The summed E-state index contributed by atoms with van der Waals surface area (Å²) in [6.45, 7) is 3.77. The van der Waals surface area contributed by atoms with Crippen LogP contribution in [0.25, 0.3) is 0 Å². The highest BCUT2D eigenvalue weighted by Crippen LogP contribution is 2.33. The lowest BCUT2D eigenvalue weighted by Crippen LogP contribution is -2.22. The zero-order valence-electron chi connectivity index (χ0n) is 14.1. The Balaban J connectivity index is 2.04. The van der Waals surface area contributed by atoms with E-state index in [-0.39, 0.29) is 11.2 Å². The SMILES string of the molecule is COc1ccc(S[C@H](C)C(=O)Nc2ccc(C)c(Cl)c2)cc1OC. The number of rotatable bonds is 6. The molecule has 0 radical (unpaired) electrons. The van der Waals surface area contributed by atoms with E-state index in [1.165, 1.54) is 11.8 Å². The number of hydrogen-bond donors (Lipinski definition) is 1. The van der Waals surface area contributed by atoms with Crippen LogP contribution in [0, 0.1) is 6.92 Å². The molecule has 0 aromatic heterocycles. The van der Waals surface area contributed by atoms with Gasteiger partial charge in [0, 0.05) is 15.6 Å². The number of aryl methyl sites for hydroxylation is 1. The number of thioether (sulfide) groups is 1. The molecule has 0 aliphatic rings. The lowest BCUT2D eigenvalue weighted by Gasteiger charge is -2.14. The third-order valence-electron chi connectivity index (χ3n) is 3.48. The van der Waals surface area contributed by atoms with Crippen LogP contribution in [0.2, 0.25) is 5.02 Å². The van der Waals surface area contributed by atoms with Crippen molar-refractivity contribution in [1.82, 2.24) is 0 Å². The zero-order chi connectivity index (χ0) is 17.7. The predicted octanol–water partition coefficient (Wildman–Crippen LogP) is 4.78. The van der Waals surface area contributed by atoms with Gasteiger partial charge in [-0.05, 0) is 49.7 Å². The molecular formula is C18H20ClNO3S. The Morgan fingerprint density at radius 1 is 1.12 bits per heavy atom. The number of carbonyl (C=O) groups excluding carboxylic acids is 1. The average molecular weight is 366 g/mol. The highest BCUT2D eigenvalue weighted by atomic mass is 35.5. The van der Waals surface area contributed by atoms with Crippen LogP contribution in [0.4, 0.5) is 5.69 Å². The van der Waals surface area contributed by atoms with Crippen molar-refractivity contribution in [2.75, 3.05) is 19.5 Å². The van der Waals surface area contributed by atoms with Crippen molar-refractivity contribution in [1.29, 1.82) is 0 Å². The van der Waals surface area contributed by atoms with Gasteiger partial charge in [-0.15, -0.1) is 11.8 Å². The summed E-state index contributed by atoms with van der Waals surface area (Å²) < 4.78 is 10.5. The summed E-state index contributed by atoms with van der Waals surface area (Å²) in [5.41, 5.74) is 1.66. The normalized spacial score (nSPS) is 11.7. The summed E-state index contributed by atoms with van der Waals surface area (Å²) in [5.74, 6) is 1.21. The first-order chi connectivity index (χ1) is 11.4. The average Bonchev–Trinajstić information content (AvgIpc) is 2.57. The maximum atomic E-state index is 12.4. The van der Waals surface area contributed by atoms with Gasteiger partial charge in [-0.2, -0.15) is 0 Å². The Bertz CT molecular complexity index is 736. The van der Waals surface area contributed by atoms with Gasteiger partial charge in [-0.1, -0.05) is 17.7 Å². The summed E-state index contributed by atoms with van der Waals surface area (Å²) in [5, 5.41) is 3.24. The number of anilines is 1. The van der Waals surface area contributed by atoms with Crippen LogP contribution in [0.5, 0.6) is 11.5 Å². The highest BCUT2D eigenvalue weighted by Gasteiger charge is 2.16. The minimum Gasteiger partial charge on any atom is -0.493 e. The van der Waals surface area contributed by atoms with Gasteiger partial charge in [0.1, 0.15) is 0 Å². The fourth-order valence-electron chi connectivity index (χ4n) is 2.06. The quantitative estimate of drug-likeness (QED) is 0.748. The lowest BCUT2D eigenvalue weighted by molar-refractivity contribution is -0.115. The second-order valence-corrected chi connectivity index (χ2v) is 7.05. The van der Waals surface area contributed by atoms with Crippen LogP contribution >= 0.6 is 23.4 Å². The molecule has 2 aromatic rings. The van der Waals surface area contributed by atoms with Crippen molar-refractivity contribution in [3.8, 4) is 11.5 Å². The topological polar surface area (TPSA) is 47.6 Å². The third-order valence-corrected chi connectivity index (χ3v) is 4.98. The van der Waals surface area contributed by atoms with Crippen molar-refractivity contribution in [3.05, 3.63) is 47.0 Å². The fourth-order valence-corrected chi connectivity index (χ4v) is 3.14. The van der Waals surface area contributed by atoms with E-state index >= 15 is 0 Å². The monoisotopic (exact) mass is 365 g/mol. The molecule has 1 atom stereocenters. The number of carbonyl (C=O) groups is 1. The number of benzene rings is 2. The van der Waals surface area contributed by atoms with Gasteiger partial charge in [0.25, 0.3) is 0 Å². The zero-order valence-corrected chi connectivity index (χ0v) is 15.6. The van der Waals surface area contributed by atoms with Crippen LogP contribution in [0.3, 0.4) is 0 Å². The third kappa shape index (κ3) is 4.58. The number of methoxy groups -OCH3 is 2. The van der Waals surface area contributed by atoms with Crippen molar-refractivity contribution in [2.24, 2.45) is 0 Å². The van der Waals surface area contributed by atoms with Gasteiger partial charge >= 0.3 is 0 Å². The largest absolute Gasteiger partial charge is 0.493 e. The maximum Gasteiger partial charge on any atom is 0.237 e. The second kappa shape index (κ2) is 8.31. The summed E-state index contributed by atoms with van der Waals surface area (Å²) in [4.78, 5) is 13.3. The molecule has 1 N–H and O–H groups in total. The van der Waals surface area contributed by atoms with E-state index in [0.717, 1.165) is 10.5 Å². The van der Waals surface area contributed by atoms with Crippen LogP contribution in [0.1, 0.15) is 12.5 Å². The molecule has 2 rings (SSSR count). The maximum absolute atomic E-state index is 12.4. The molecule has 1 amide bonds. The number of ether oxygens (including phenoxy) is 2. The van der Waals surface area contributed by atoms with Crippen LogP contribution in [0.15, 0.2) is 41.3 Å². The molecule has 2 aromatic carbocycles. The molecule has 0 bridgehead atoms. The van der Waals surface area contributed by atoms with Crippen LogP contribution in [-0.4, -0.2) is 25.4 Å². The molecule has 128 valence electrons. The molecule has 0 aliphatic carbocycles. The van der Waals surface area contributed by atoms with E-state index in [2.05, 4.69) is 5.32 Å². The molecule has 0 aliphatic heterocycles. The Kier molecular flexibility index (Phi) is 6.40. The molecule has 6 heteroatoms. The van der Waals surface area contributed by atoms with Crippen LogP contribution in [-0.2, 0) is 4.79 Å². The molecule has 0 saturated carbocycles. The van der Waals surface area contributed by atoms with E-state index in [0.29, 0.717) is 22.2 Å². The second-order valence-electron chi connectivity index (χ2n) is 5.23. The Hall–Kier alpha value is -1.85. The number of nitrogens with one attached hydrogen (secondary N) is 1. The van der Waals surface area contributed by atoms with Crippen molar-refractivity contribution in [3.63, 3.8) is 0 Å². The minimum absolute atomic E-state index is 0.0882.